The molecule has 0 bridgehead atoms. The maximum absolute atomic E-state index is 0. The molecule has 0 spiro atoms. The van der Waals surface area contributed by atoms with E-state index in [9.17, 15) is 0 Å². The second-order valence-corrected chi connectivity index (χ2v) is 0. The van der Waals surface area contributed by atoms with Crippen molar-refractivity contribution >= 4 is 0 Å². The van der Waals surface area contributed by atoms with Crippen LogP contribution in [0.25, 0.3) is 0 Å². The van der Waals surface area contributed by atoms with Gasteiger partial charge in [0.2, 0.25) is 0 Å². The van der Waals surface area contributed by atoms with Crippen molar-refractivity contribution < 1.29 is 68.8 Å². The molecule has 0 atom stereocenters. The summed E-state index contributed by atoms with van der Waals surface area (Å²) in [5.74, 6) is 0. The molecule has 0 aliphatic carbocycles. The first-order valence-corrected chi connectivity index (χ1v) is 0. The summed E-state index contributed by atoms with van der Waals surface area (Å²) in [5.41, 5.74) is 0. The predicted octanol–water partition coefficient (Wildman–Crippen LogP) is -3.71. The Bertz CT molecular complexity index is 7.51. The SMILES string of the molecule is [Cr+3].[Na+].[OH-].[OH-].[OH-].[OH-]. The summed E-state index contributed by atoms with van der Waals surface area (Å²) >= 11 is 0. The molecule has 0 aliphatic heterocycles. The number of hydrogen-bond donors (Lipinski definition) is 0. The van der Waals surface area contributed by atoms with Crippen LogP contribution in [0.15, 0.2) is 0 Å². The summed E-state index contributed by atoms with van der Waals surface area (Å²) in [6.07, 6.45) is 0. The Morgan fingerprint density at radius 2 is 0.500 bits per heavy atom. The van der Waals surface area contributed by atoms with Crippen molar-refractivity contribution in [3.8, 4) is 0 Å². The predicted molar refractivity (Wildman–Crippen MR) is 7.74 cm³/mol. The van der Waals surface area contributed by atoms with E-state index < -0.39 is 0 Å². The van der Waals surface area contributed by atoms with Gasteiger partial charge in [0.15, 0.2) is 0 Å². The summed E-state index contributed by atoms with van der Waals surface area (Å²) < 4.78 is 0. The Kier molecular flexibility index (Phi) is 2590. The molecule has 0 fully saturated rings. The van der Waals surface area contributed by atoms with Crippen LogP contribution in [0.3, 0.4) is 0 Å². The zero-order chi connectivity index (χ0) is 0. The smallest absolute Gasteiger partial charge is 0.870 e. The van der Waals surface area contributed by atoms with Crippen LogP contribution in [0.5, 0.6) is 0 Å². The van der Waals surface area contributed by atoms with Crippen molar-refractivity contribution in [2.75, 3.05) is 0 Å². The first-order chi connectivity index (χ1) is 0. The summed E-state index contributed by atoms with van der Waals surface area (Å²) in [4.78, 5) is 0. The molecule has 0 unspecified atom stereocenters. The van der Waals surface area contributed by atoms with Gasteiger partial charge in [0, 0.05) is 0 Å². The second kappa shape index (κ2) is 97.6. The minimum atomic E-state index is 0. The summed E-state index contributed by atoms with van der Waals surface area (Å²) in [6.45, 7) is 0. The van der Waals surface area contributed by atoms with E-state index in [2.05, 4.69) is 0 Å². The maximum atomic E-state index is 0. The van der Waals surface area contributed by atoms with E-state index in [-0.39, 0.29) is 68.8 Å². The van der Waals surface area contributed by atoms with Crippen molar-refractivity contribution in [1.82, 2.24) is 0 Å². The van der Waals surface area contributed by atoms with Gasteiger partial charge in [-0.1, -0.05) is 0 Å². The first kappa shape index (κ1) is 159. The van der Waals surface area contributed by atoms with Crippen LogP contribution in [-0.2, 0) is 17.4 Å². The van der Waals surface area contributed by atoms with E-state index in [1.54, 1.807) is 0 Å². The van der Waals surface area contributed by atoms with Gasteiger partial charge in [-0.3, -0.25) is 0 Å². The van der Waals surface area contributed by atoms with Gasteiger partial charge in [-0.25, -0.2) is 0 Å². The van der Waals surface area contributed by atoms with Crippen molar-refractivity contribution in [3.05, 3.63) is 0 Å². The van der Waals surface area contributed by atoms with Gasteiger partial charge in [0.05, 0.1) is 0 Å². The van der Waals surface area contributed by atoms with Crippen molar-refractivity contribution in [2.24, 2.45) is 0 Å². The molecule has 4 nitrogen and oxygen atoms in total. The molecule has 6 heteroatoms. The van der Waals surface area contributed by atoms with Gasteiger partial charge < -0.3 is 21.9 Å². The zero-order valence-electron chi connectivity index (χ0n) is 3.20. The molecule has 0 aliphatic rings. The third-order valence-electron chi connectivity index (χ3n) is 0. The summed E-state index contributed by atoms with van der Waals surface area (Å²) in [7, 11) is 0. The summed E-state index contributed by atoms with van der Waals surface area (Å²) in [6, 6.07) is 0. The van der Waals surface area contributed by atoms with E-state index in [0.29, 0.717) is 0 Å². The Hall–Kier alpha value is 1.37. The van der Waals surface area contributed by atoms with Gasteiger partial charge >= 0.3 is 46.9 Å². The largest absolute Gasteiger partial charge is 3.00 e. The Balaban J connectivity index is 0. The van der Waals surface area contributed by atoms with Crippen molar-refractivity contribution in [1.29, 1.82) is 0 Å². The van der Waals surface area contributed by atoms with Crippen LogP contribution >= 0.6 is 0 Å². The minimum Gasteiger partial charge on any atom is -0.870 e. The van der Waals surface area contributed by atoms with Crippen LogP contribution in [0, 0.1) is 0 Å². The van der Waals surface area contributed by atoms with Gasteiger partial charge in [-0.05, 0) is 0 Å². The first-order valence-electron chi connectivity index (χ1n) is 0. The molecule has 0 aromatic heterocycles. The molecule has 0 rings (SSSR count). The normalized spacial score (nSPS) is 0. The fourth-order valence-electron chi connectivity index (χ4n) is 0. The van der Waals surface area contributed by atoms with Crippen LogP contribution in [0.1, 0.15) is 0 Å². The van der Waals surface area contributed by atoms with Crippen molar-refractivity contribution in [3.63, 3.8) is 0 Å². The number of hydrogen-bond acceptors (Lipinski definition) is 4. The van der Waals surface area contributed by atoms with Crippen molar-refractivity contribution in [2.45, 2.75) is 0 Å². The van der Waals surface area contributed by atoms with E-state index in [1.807, 2.05) is 0 Å². The Morgan fingerprint density at radius 1 is 0.500 bits per heavy atom. The fourth-order valence-corrected chi connectivity index (χ4v) is 0. The second-order valence-electron chi connectivity index (χ2n) is 0. The van der Waals surface area contributed by atoms with E-state index in [1.165, 1.54) is 0 Å². The molecule has 0 aromatic carbocycles. The molecule has 1 radical (unpaired) electrons. The molecular weight excluding hydrogens is 139 g/mol. The topological polar surface area (TPSA) is 120 Å². The van der Waals surface area contributed by atoms with E-state index >= 15 is 0 Å². The standard InChI is InChI=1S/Cr.Na.4H2O/h;;4*1H2/q+3;+1;;;;/p-4. The molecule has 0 heterocycles. The number of rotatable bonds is 0. The van der Waals surface area contributed by atoms with Gasteiger partial charge in [0.1, 0.15) is 0 Å². The average Bonchev–Trinajstić information content (AvgIpc) is 0. The molecule has 0 amide bonds. The Morgan fingerprint density at radius 3 is 0.500 bits per heavy atom. The third kappa shape index (κ3) is 54.5. The van der Waals surface area contributed by atoms with E-state index in [4.69, 9.17) is 0 Å². The Labute approximate surface area is 68.6 Å². The van der Waals surface area contributed by atoms with Crippen LogP contribution in [0.2, 0.25) is 0 Å². The quantitative estimate of drug-likeness (QED) is 0.324. The molecule has 0 saturated carbocycles. The van der Waals surface area contributed by atoms with Crippen LogP contribution in [-0.4, -0.2) is 21.9 Å². The monoisotopic (exact) mass is 143 g/mol. The van der Waals surface area contributed by atoms with Crippen LogP contribution < -0.4 is 29.6 Å². The van der Waals surface area contributed by atoms with E-state index in [0.717, 1.165) is 0 Å². The molecule has 6 heavy (non-hydrogen) atoms. The fraction of sp³-hybridized carbons (Fsp3) is 0. The average molecular weight is 143 g/mol. The van der Waals surface area contributed by atoms with Gasteiger partial charge in [-0.2, -0.15) is 0 Å². The minimum absolute atomic E-state index is 0. The van der Waals surface area contributed by atoms with Crippen LogP contribution in [0.4, 0.5) is 0 Å². The maximum Gasteiger partial charge on any atom is 3.00 e. The van der Waals surface area contributed by atoms with Gasteiger partial charge in [0.25, 0.3) is 0 Å². The molecule has 35 valence electrons. The molecule has 0 saturated heterocycles. The van der Waals surface area contributed by atoms with Gasteiger partial charge in [-0.15, -0.1) is 0 Å². The summed E-state index contributed by atoms with van der Waals surface area (Å²) in [5, 5.41) is 0. The third-order valence-corrected chi connectivity index (χ3v) is 0. The zero-order valence-corrected chi connectivity index (χ0v) is 6.47. The molecule has 4 N–H and O–H groups in total. The molecule has 0 aromatic rings. The molecular formula is H4CrNaO4.